The van der Waals surface area contributed by atoms with Gasteiger partial charge in [-0.05, 0) is 43.3 Å². The number of thioether (sulfide) groups is 1. The smallest absolute Gasteiger partial charge is 0.254 e. The van der Waals surface area contributed by atoms with Gasteiger partial charge in [0.1, 0.15) is 11.5 Å². The first-order valence-corrected chi connectivity index (χ1v) is 8.56. The molecule has 0 aliphatic carbocycles. The Balaban J connectivity index is 1.85. The van der Waals surface area contributed by atoms with Crippen LogP contribution in [0.3, 0.4) is 0 Å². The molecule has 2 heterocycles. The molecule has 120 valence electrons. The van der Waals surface area contributed by atoms with E-state index in [0.29, 0.717) is 17.7 Å². The third kappa shape index (κ3) is 3.27. The first-order chi connectivity index (χ1) is 11.1. The molecule has 0 spiro atoms. The predicted octanol–water partition coefficient (Wildman–Crippen LogP) is 2.62. The molecule has 6 heteroatoms. The minimum absolute atomic E-state index is 0.0552. The summed E-state index contributed by atoms with van der Waals surface area (Å²) in [6.45, 7) is 2.57. The lowest BCUT2D eigenvalue weighted by molar-refractivity contribution is 0.0681. The molecular formula is C17H18N2O3S. The van der Waals surface area contributed by atoms with Crippen LogP contribution in [0, 0.1) is 6.92 Å². The zero-order valence-electron chi connectivity index (χ0n) is 12.8. The van der Waals surface area contributed by atoms with Gasteiger partial charge in [-0.3, -0.25) is 9.59 Å². The van der Waals surface area contributed by atoms with Crippen LogP contribution < -0.4 is 5.73 Å². The van der Waals surface area contributed by atoms with E-state index in [2.05, 4.69) is 0 Å². The number of hydrogen-bond donors (Lipinski definition) is 1. The summed E-state index contributed by atoms with van der Waals surface area (Å²) in [5.41, 5.74) is 6.18. The maximum absolute atomic E-state index is 12.8. The Morgan fingerprint density at radius 3 is 2.48 bits per heavy atom. The summed E-state index contributed by atoms with van der Waals surface area (Å²) >= 11 is 1.81. The summed E-state index contributed by atoms with van der Waals surface area (Å²) in [7, 11) is 0. The molecule has 1 aromatic carbocycles. The van der Waals surface area contributed by atoms with Gasteiger partial charge < -0.3 is 15.1 Å². The number of nitrogens with two attached hydrogens (primary N) is 1. The molecule has 2 amide bonds. The van der Waals surface area contributed by atoms with Gasteiger partial charge in [-0.15, -0.1) is 0 Å². The minimum atomic E-state index is -0.498. The highest BCUT2D eigenvalue weighted by Gasteiger charge is 2.31. The zero-order chi connectivity index (χ0) is 16.4. The molecule has 1 aliphatic heterocycles. The Labute approximate surface area is 138 Å². The molecule has 5 nitrogen and oxygen atoms in total. The number of carbonyl (C=O) groups is 2. The van der Waals surface area contributed by atoms with Crippen LogP contribution >= 0.6 is 11.8 Å². The number of furan rings is 1. The van der Waals surface area contributed by atoms with Crippen LogP contribution in [0.4, 0.5) is 0 Å². The maximum atomic E-state index is 12.8. The Morgan fingerprint density at radius 2 is 1.87 bits per heavy atom. The van der Waals surface area contributed by atoms with E-state index in [1.165, 1.54) is 0 Å². The number of nitrogens with zero attached hydrogens (tertiary/aromatic N) is 1. The van der Waals surface area contributed by atoms with Gasteiger partial charge in [-0.1, -0.05) is 0 Å². The standard InChI is InChI=1S/C17H18N2O3S/c1-11-2-7-15(22-11)14-10-23-9-8-19(14)17(21)13-5-3-12(4-6-13)16(18)20/h2-7,14H,8-10H2,1H3,(H2,18,20)/t14-/m0/s1. The predicted molar refractivity (Wildman–Crippen MR) is 89.5 cm³/mol. The SMILES string of the molecule is Cc1ccc([C@@H]2CSCCN2C(=O)c2ccc(C(N)=O)cc2)o1. The van der Waals surface area contributed by atoms with Gasteiger partial charge in [0.2, 0.25) is 5.91 Å². The first-order valence-electron chi connectivity index (χ1n) is 7.41. The van der Waals surface area contributed by atoms with Gasteiger partial charge in [-0.2, -0.15) is 11.8 Å². The van der Waals surface area contributed by atoms with Crippen LogP contribution in [-0.4, -0.2) is 34.8 Å². The lowest BCUT2D eigenvalue weighted by Crippen LogP contribution is -2.40. The van der Waals surface area contributed by atoms with Crippen molar-refractivity contribution in [2.24, 2.45) is 5.73 Å². The van der Waals surface area contributed by atoms with Crippen LogP contribution in [0.1, 0.15) is 38.3 Å². The number of amides is 2. The van der Waals surface area contributed by atoms with E-state index in [4.69, 9.17) is 10.2 Å². The van der Waals surface area contributed by atoms with Crippen molar-refractivity contribution >= 4 is 23.6 Å². The molecule has 2 N–H and O–H groups in total. The van der Waals surface area contributed by atoms with Gasteiger partial charge >= 0.3 is 0 Å². The first kappa shape index (κ1) is 15.7. The normalized spacial score (nSPS) is 18.0. The second-order valence-corrected chi connectivity index (χ2v) is 6.63. The Morgan fingerprint density at radius 1 is 1.17 bits per heavy atom. The fourth-order valence-electron chi connectivity index (χ4n) is 2.66. The Hall–Kier alpha value is -2.21. The molecule has 1 saturated heterocycles. The van der Waals surface area contributed by atoms with Crippen LogP contribution in [0.2, 0.25) is 0 Å². The molecule has 3 rings (SSSR count). The summed E-state index contributed by atoms with van der Waals surface area (Å²) < 4.78 is 5.72. The lowest BCUT2D eigenvalue weighted by Gasteiger charge is -2.34. The fourth-order valence-corrected chi connectivity index (χ4v) is 3.72. The maximum Gasteiger partial charge on any atom is 0.254 e. The molecule has 0 unspecified atom stereocenters. The van der Waals surface area contributed by atoms with Crippen LogP contribution in [0.5, 0.6) is 0 Å². The molecule has 1 aromatic heterocycles. The van der Waals surface area contributed by atoms with Crippen molar-refractivity contribution in [3.05, 3.63) is 59.0 Å². The molecule has 1 atom stereocenters. The average Bonchev–Trinajstić information content (AvgIpc) is 3.00. The molecular weight excluding hydrogens is 312 g/mol. The number of aryl methyl sites for hydroxylation is 1. The summed E-state index contributed by atoms with van der Waals surface area (Å²) in [4.78, 5) is 25.8. The molecule has 23 heavy (non-hydrogen) atoms. The second-order valence-electron chi connectivity index (χ2n) is 5.48. The number of hydrogen-bond acceptors (Lipinski definition) is 4. The molecule has 0 saturated carbocycles. The van der Waals surface area contributed by atoms with Crippen LogP contribution in [0.15, 0.2) is 40.8 Å². The third-order valence-corrected chi connectivity index (χ3v) is 4.92. The quantitative estimate of drug-likeness (QED) is 0.938. The van der Waals surface area contributed by atoms with Crippen molar-refractivity contribution in [3.63, 3.8) is 0 Å². The van der Waals surface area contributed by atoms with Crippen molar-refractivity contribution in [2.45, 2.75) is 13.0 Å². The van der Waals surface area contributed by atoms with E-state index >= 15 is 0 Å². The van der Waals surface area contributed by atoms with Gasteiger partial charge in [0.25, 0.3) is 5.91 Å². The number of primary amides is 1. The molecule has 0 radical (unpaired) electrons. The summed E-state index contributed by atoms with van der Waals surface area (Å²) in [5.74, 6) is 2.83. The van der Waals surface area contributed by atoms with Gasteiger partial charge in [0, 0.05) is 29.2 Å². The van der Waals surface area contributed by atoms with E-state index in [1.807, 2.05) is 35.7 Å². The lowest BCUT2D eigenvalue weighted by atomic mass is 10.1. The number of carbonyl (C=O) groups excluding carboxylic acids is 2. The topological polar surface area (TPSA) is 76.5 Å². The van der Waals surface area contributed by atoms with Gasteiger partial charge in [0.05, 0.1) is 6.04 Å². The second kappa shape index (κ2) is 6.50. The highest BCUT2D eigenvalue weighted by Crippen LogP contribution is 2.31. The average molecular weight is 330 g/mol. The highest BCUT2D eigenvalue weighted by atomic mass is 32.2. The highest BCUT2D eigenvalue weighted by molar-refractivity contribution is 7.99. The monoisotopic (exact) mass is 330 g/mol. The molecule has 0 bridgehead atoms. The minimum Gasteiger partial charge on any atom is -0.464 e. The fraction of sp³-hybridized carbons (Fsp3) is 0.294. The molecule has 1 aliphatic rings. The summed E-state index contributed by atoms with van der Waals surface area (Å²) in [5, 5.41) is 0. The van der Waals surface area contributed by atoms with E-state index < -0.39 is 5.91 Å². The summed E-state index contributed by atoms with van der Waals surface area (Å²) in [6, 6.07) is 10.2. The van der Waals surface area contributed by atoms with Crippen molar-refractivity contribution < 1.29 is 14.0 Å². The van der Waals surface area contributed by atoms with Crippen LogP contribution in [-0.2, 0) is 0 Å². The largest absolute Gasteiger partial charge is 0.464 e. The zero-order valence-corrected chi connectivity index (χ0v) is 13.6. The molecule has 2 aromatic rings. The number of rotatable bonds is 3. The summed E-state index contributed by atoms with van der Waals surface area (Å²) in [6.07, 6.45) is 0. The van der Waals surface area contributed by atoms with Crippen molar-refractivity contribution in [1.29, 1.82) is 0 Å². The van der Waals surface area contributed by atoms with Gasteiger partial charge in [0.15, 0.2) is 0 Å². The van der Waals surface area contributed by atoms with E-state index in [1.54, 1.807) is 24.3 Å². The van der Waals surface area contributed by atoms with Gasteiger partial charge in [-0.25, -0.2) is 0 Å². The van der Waals surface area contributed by atoms with Crippen molar-refractivity contribution in [3.8, 4) is 0 Å². The van der Waals surface area contributed by atoms with E-state index in [-0.39, 0.29) is 11.9 Å². The number of benzene rings is 1. The van der Waals surface area contributed by atoms with Crippen LogP contribution in [0.25, 0.3) is 0 Å². The Bertz CT molecular complexity index is 724. The van der Waals surface area contributed by atoms with E-state index in [0.717, 1.165) is 23.0 Å². The molecule has 1 fully saturated rings. The van der Waals surface area contributed by atoms with E-state index in [9.17, 15) is 9.59 Å². The third-order valence-electron chi connectivity index (χ3n) is 3.90. The van der Waals surface area contributed by atoms with Crippen molar-refractivity contribution in [2.75, 3.05) is 18.1 Å². The van der Waals surface area contributed by atoms with Crippen molar-refractivity contribution in [1.82, 2.24) is 4.90 Å². The Kier molecular flexibility index (Phi) is 4.43.